The minimum atomic E-state index is -0.533. The van der Waals surface area contributed by atoms with Crippen LogP contribution in [0, 0.1) is 0 Å². The van der Waals surface area contributed by atoms with Crippen LogP contribution in [0.5, 0.6) is 0 Å². The summed E-state index contributed by atoms with van der Waals surface area (Å²) in [5.74, 6) is 1.16. The number of hydrogen-bond donors (Lipinski definition) is 4. The molecule has 0 unspecified atom stereocenters. The van der Waals surface area contributed by atoms with E-state index in [0.717, 1.165) is 11.1 Å². The zero-order chi connectivity index (χ0) is 19.7. The first-order valence-electron chi connectivity index (χ1n) is 8.71. The van der Waals surface area contributed by atoms with Crippen molar-refractivity contribution in [1.82, 2.24) is 20.3 Å². The lowest BCUT2D eigenvalue weighted by atomic mass is 10.1. The van der Waals surface area contributed by atoms with E-state index < -0.39 is 6.03 Å². The molecule has 1 aliphatic rings. The predicted molar refractivity (Wildman–Crippen MR) is 109 cm³/mol. The number of nitrogens with one attached hydrogen (secondary N) is 2. The molecule has 1 aliphatic heterocycles. The van der Waals surface area contributed by atoms with Crippen LogP contribution in [0.4, 0.5) is 22.2 Å². The standard InChI is InChI=1S/C18H19ClN8O/c19-12-4-1-3-10(14(12)20)7-23-16-15-13(5-2-6-22-15)25-18(26-16)27-8-11(9-27)24-17(21)28/h1-6,11H,7-9,20H2,(H3,21,24,28)(H,23,25,26). The monoisotopic (exact) mass is 398 g/mol. The van der Waals surface area contributed by atoms with E-state index in [0.29, 0.717) is 47.6 Å². The highest BCUT2D eigenvalue weighted by Gasteiger charge is 2.30. The summed E-state index contributed by atoms with van der Waals surface area (Å²) in [7, 11) is 0. The van der Waals surface area contributed by atoms with Crippen LogP contribution < -0.4 is 27.0 Å². The number of rotatable bonds is 5. The molecule has 3 heterocycles. The van der Waals surface area contributed by atoms with Crippen LogP contribution in [0.15, 0.2) is 36.5 Å². The van der Waals surface area contributed by atoms with Crippen LogP contribution in [0.2, 0.25) is 5.02 Å². The Morgan fingerprint density at radius 1 is 1.25 bits per heavy atom. The maximum absolute atomic E-state index is 11.0. The van der Waals surface area contributed by atoms with Crippen molar-refractivity contribution in [2.75, 3.05) is 29.0 Å². The molecule has 28 heavy (non-hydrogen) atoms. The molecule has 2 amide bonds. The molecule has 10 heteroatoms. The number of aromatic nitrogens is 3. The van der Waals surface area contributed by atoms with Crippen LogP contribution in [0.3, 0.4) is 0 Å². The number of para-hydroxylation sites is 1. The fraction of sp³-hybridized carbons (Fsp3) is 0.222. The molecule has 1 fully saturated rings. The Bertz CT molecular complexity index is 1040. The molecule has 6 N–H and O–H groups in total. The Kier molecular flexibility index (Phi) is 4.74. The summed E-state index contributed by atoms with van der Waals surface area (Å²) in [5, 5.41) is 6.48. The number of nitrogens with two attached hydrogens (primary N) is 2. The maximum atomic E-state index is 11.0. The van der Waals surface area contributed by atoms with Gasteiger partial charge in [-0.25, -0.2) is 9.78 Å². The normalized spacial score (nSPS) is 14.0. The lowest BCUT2D eigenvalue weighted by molar-refractivity contribution is 0.242. The first kappa shape index (κ1) is 18.1. The van der Waals surface area contributed by atoms with E-state index in [1.807, 2.05) is 29.2 Å². The van der Waals surface area contributed by atoms with Crippen LogP contribution in [-0.4, -0.2) is 40.1 Å². The number of carbonyl (C=O) groups is 1. The van der Waals surface area contributed by atoms with Crippen molar-refractivity contribution in [3.63, 3.8) is 0 Å². The van der Waals surface area contributed by atoms with Crippen molar-refractivity contribution in [1.29, 1.82) is 0 Å². The van der Waals surface area contributed by atoms with Crippen molar-refractivity contribution in [2.24, 2.45) is 5.73 Å². The Morgan fingerprint density at radius 2 is 2.07 bits per heavy atom. The molecule has 144 valence electrons. The molecule has 2 aromatic heterocycles. The van der Waals surface area contributed by atoms with Crippen molar-refractivity contribution < 1.29 is 4.79 Å². The van der Waals surface area contributed by atoms with E-state index in [1.165, 1.54) is 0 Å². The molecular weight excluding hydrogens is 380 g/mol. The highest BCUT2D eigenvalue weighted by Crippen LogP contribution is 2.26. The number of halogens is 1. The summed E-state index contributed by atoms with van der Waals surface area (Å²) in [6.07, 6.45) is 1.70. The average molecular weight is 399 g/mol. The van der Waals surface area contributed by atoms with Crippen molar-refractivity contribution in [3.05, 3.63) is 47.1 Å². The highest BCUT2D eigenvalue weighted by atomic mass is 35.5. The number of nitrogens with zero attached hydrogens (tertiary/aromatic N) is 4. The fourth-order valence-electron chi connectivity index (χ4n) is 3.07. The van der Waals surface area contributed by atoms with Gasteiger partial charge in [-0.2, -0.15) is 4.98 Å². The van der Waals surface area contributed by atoms with Gasteiger partial charge in [0.05, 0.1) is 22.3 Å². The smallest absolute Gasteiger partial charge is 0.312 e. The van der Waals surface area contributed by atoms with Crippen LogP contribution >= 0.6 is 11.6 Å². The van der Waals surface area contributed by atoms with E-state index in [2.05, 4.69) is 25.6 Å². The van der Waals surface area contributed by atoms with Gasteiger partial charge >= 0.3 is 6.03 Å². The van der Waals surface area contributed by atoms with Gasteiger partial charge < -0.3 is 27.0 Å². The number of amides is 2. The number of carbonyl (C=O) groups excluding carboxylic acids is 1. The quantitative estimate of drug-likeness (QED) is 0.480. The van der Waals surface area contributed by atoms with E-state index in [4.69, 9.17) is 23.1 Å². The third kappa shape index (κ3) is 3.56. The summed E-state index contributed by atoms with van der Waals surface area (Å²) in [6, 6.07) is 8.67. The largest absolute Gasteiger partial charge is 0.397 e. The second kappa shape index (κ2) is 7.35. The van der Waals surface area contributed by atoms with Crippen molar-refractivity contribution in [2.45, 2.75) is 12.6 Å². The molecular formula is C18H19ClN8O. The zero-order valence-corrected chi connectivity index (χ0v) is 15.6. The van der Waals surface area contributed by atoms with Gasteiger partial charge in [-0.15, -0.1) is 0 Å². The van der Waals surface area contributed by atoms with Gasteiger partial charge in [0.2, 0.25) is 5.95 Å². The van der Waals surface area contributed by atoms with Crippen LogP contribution in [0.1, 0.15) is 5.56 Å². The van der Waals surface area contributed by atoms with E-state index in [-0.39, 0.29) is 6.04 Å². The molecule has 9 nitrogen and oxygen atoms in total. The topological polar surface area (TPSA) is 135 Å². The van der Waals surface area contributed by atoms with Gasteiger partial charge in [0.1, 0.15) is 5.52 Å². The third-order valence-electron chi connectivity index (χ3n) is 4.54. The number of benzene rings is 1. The third-order valence-corrected chi connectivity index (χ3v) is 4.87. The van der Waals surface area contributed by atoms with Gasteiger partial charge in [-0.05, 0) is 23.8 Å². The summed E-state index contributed by atoms with van der Waals surface area (Å²) in [4.78, 5) is 26.5. The molecule has 0 saturated carbocycles. The lowest BCUT2D eigenvalue weighted by Gasteiger charge is -2.39. The molecule has 0 bridgehead atoms. The van der Waals surface area contributed by atoms with Gasteiger partial charge in [0, 0.05) is 25.8 Å². The van der Waals surface area contributed by atoms with Crippen LogP contribution in [0.25, 0.3) is 11.0 Å². The summed E-state index contributed by atoms with van der Waals surface area (Å²) in [6.45, 7) is 1.63. The van der Waals surface area contributed by atoms with Gasteiger partial charge in [0.25, 0.3) is 0 Å². The van der Waals surface area contributed by atoms with Crippen molar-refractivity contribution in [3.8, 4) is 0 Å². The van der Waals surface area contributed by atoms with Gasteiger partial charge in [0.15, 0.2) is 5.82 Å². The minimum absolute atomic E-state index is 0.00614. The first-order valence-corrected chi connectivity index (χ1v) is 9.09. The fourth-order valence-corrected chi connectivity index (χ4v) is 3.26. The lowest BCUT2D eigenvalue weighted by Crippen LogP contribution is -2.60. The summed E-state index contributed by atoms with van der Waals surface area (Å²) in [5.41, 5.74) is 14.0. The molecule has 1 saturated heterocycles. The Balaban J connectivity index is 1.58. The second-order valence-electron chi connectivity index (χ2n) is 6.52. The number of pyridine rings is 1. The number of nitrogen functional groups attached to an aromatic ring is 1. The Morgan fingerprint density at radius 3 is 2.86 bits per heavy atom. The van der Waals surface area contributed by atoms with Crippen molar-refractivity contribution >= 4 is 46.1 Å². The number of fused-ring (bicyclic) bond motifs is 1. The predicted octanol–water partition coefficient (Wildman–Crippen LogP) is 1.73. The average Bonchev–Trinajstić information content (AvgIpc) is 2.65. The Hall–Kier alpha value is -3.33. The number of primary amides is 1. The van der Waals surface area contributed by atoms with Crippen LogP contribution in [-0.2, 0) is 6.54 Å². The highest BCUT2D eigenvalue weighted by molar-refractivity contribution is 6.33. The molecule has 1 aromatic carbocycles. The maximum Gasteiger partial charge on any atom is 0.312 e. The molecule has 4 rings (SSSR count). The van der Waals surface area contributed by atoms with E-state index >= 15 is 0 Å². The SMILES string of the molecule is NC(=O)NC1CN(c2nc(NCc3cccc(Cl)c3N)c3ncccc3n2)C1. The Labute approximate surface area is 166 Å². The molecule has 0 spiro atoms. The summed E-state index contributed by atoms with van der Waals surface area (Å²) >= 11 is 6.10. The van der Waals surface area contributed by atoms with Gasteiger partial charge in [-0.3, -0.25) is 4.98 Å². The number of anilines is 3. The molecule has 0 radical (unpaired) electrons. The molecule has 3 aromatic rings. The number of urea groups is 1. The molecule has 0 atom stereocenters. The van der Waals surface area contributed by atoms with E-state index in [9.17, 15) is 4.79 Å². The van der Waals surface area contributed by atoms with E-state index in [1.54, 1.807) is 12.3 Å². The second-order valence-corrected chi connectivity index (χ2v) is 6.93. The zero-order valence-electron chi connectivity index (χ0n) is 14.9. The van der Waals surface area contributed by atoms with Gasteiger partial charge in [-0.1, -0.05) is 23.7 Å². The first-order chi connectivity index (χ1) is 13.5. The number of hydrogen-bond acceptors (Lipinski definition) is 7. The molecule has 0 aliphatic carbocycles. The summed E-state index contributed by atoms with van der Waals surface area (Å²) < 4.78 is 0. The minimum Gasteiger partial charge on any atom is -0.397 e.